The molecule has 0 fully saturated rings. The van der Waals surface area contributed by atoms with Gasteiger partial charge in [0.2, 0.25) is 0 Å². The van der Waals surface area contributed by atoms with Gasteiger partial charge in [-0.3, -0.25) is 4.79 Å². The van der Waals surface area contributed by atoms with E-state index in [0.717, 1.165) is 10.9 Å². The number of amides is 1. The normalized spacial score (nSPS) is 10.6. The van der Waals surface area contributed by atoms with Crippen molar-refractivity contribution in [3.8, 4) is 5.75 Å². The Hall–Kier alpha value is -1.68. The fourth-order valence-corrected chi connectivity index (χ4v) is 2.15. The second kappa shape index (κ2) is 4.30. The van der Waals surface area contributed by atoms with E-state index >= 15 is 0 Å². The summed E-state index contributed by atoms with van der Waals surface area (Å²) in [5.74, 6) is 0.465. The summed E-state index contributed by atoms with van der Waals surface area (Å²) in [5, 5.41) is 3.93. The number of hydrogen-bond donors (Lipinski definition) is 1. The highest BCUT2D eigenvalue weighted by Gasteiger charge is 2.15. The molecule has 1 amide bonds. The molecule has 0 bridgehead atoms. The van der Waals surface area contributed by atoms with Crippen molar-refractivity contribution in [3.05, 3.63) is 28.9 Å². The Kier molecular flexibility index (Phi) is 2.98. The summed E-state index contributed by atoms with van der Waals surface area (Å²) in [6.07, 6.45) is 0. The van der Waals surface area contributed by atoms with Crippen molar-refractivity contribution >= 4 is 28.4 Å². The van der Waals surface area contributed by atoms with E-state index in [9.17, 15) is 4.79 Å². The van der Waals surface area contributed by atoms with E-state index in [4.69, 9.17) is 16.3 Å². The number of methoxy groups -OCH3 is 1. The van der Waals surface area contributed by atoms with Crippen molar-refractivity contribution in [2.24, 2.45) is 7.05 Å². The van der Waals surface area contributed by atoms with Crippen LogP contribution in [0.25, 0.3) is 10.9 Å². The van der Waals surface area contributed by atoms with Crippen LogP contribution in [-0.2, 0) is 7.05 Å². The van der Waals surface area contributed by atoms with Gasteiger partial charge in [-0.1, -0.05) is 11.6 Å². The first-order valence-corrected chi connectivity index (χ1v) is 5.52. The summed E-state index contributed by atoms with van der Waals surface area (Å²) < 4.78 is 6.95. The summed E-state index contributed by atoms with van der Waals surface area (Å²) in [5.41, 5.74) is 1.46. The highest BCUT2D eigenvalue weighted by atomic mass is 35.5. The third kappa shape index (κ3) is 1.74. The van der Waals surface area contributed by atoms with Crippen LogP contribution in [0.3, 0.4) is 0 Å². The van der Waals surface area contributed by atoms with E-state index in [0.29, 0.717) is 16.5 Å². The number of nitrogens with zero attached hydrogens (tertiary/aromatic N) is 1. The Labute approximate surface area is 104 Å². The molecule has 1 aromatic carbocycles. The SMILES string of the molecule is CNC(=O)c1cc2c(Cl)c(OC)ccc2n1C. The number of fused-ring (bicyclic) bond motifs is 1. The summed E-state index contributed by atoms with van der Waals surface area (Å²) >= 11 is 6.20. The molecule has 1 N–H and O–H groups in total. The Morgan fingerprint density at radius 3 is 2.76 bits per heavy atom. The largest absolute Gasteiger partial charge is 0.495 e. The lowest BCUT2D eigenvalue weighted by molar-refractivity contribution is 0.0955. The van der Waals surface area contributed by atoms with Gasteiger partial charge in [-0.05, 0) is 18.2 Å². The molecule has 0 aliphatic heterocycles. The molecule has 4 nitrogen and oxygen atoms in total. The topological polar surface area (TPSA) is 43.3 Å². The van der Waals surface area contributed by atoms with Gasteiger partial charge >= 0.3 is 0 Å². The molecule has 0 radical (unpaired) electrons. The zero-order valence-corrected chi connectivity index (χ0v) is 10.6. The van der Waals surface area contributed by atoms with Gasteiger partial charge in [-0.25, -0.2) is 0 Å². The molecule has 0 aliphatic rings. The van der Waals surface area contributed by atoms with Crippen molar-refractivity contribution in [3.63, 3.8) is 0 Å². The van der Waals surface area contributed by atoms with Crippen LogP contribution in [0.5, 0.6) is 5.75 Å². The van der Waals surface area contributed by atoms with Crippen molar-refractivity contribution in [2.75, 3.05) is 14.2 Å². The smallest absolute Gasteiger partial charge is 0.267 e. The van der Waals surface area contributed by atoms with Crippen LogP contribution in [0.1, 0.15) is 10.5 Å². The summed E-state index contributed by atoms with van der Waals surface area (Å²) in [4.78, 5) is 11.7. The monoisotopic (exact) mass is 252 g/mol. The van der Waals surface area contributed by atoms with Crippen LogP contribution < -0.4 is 10.1 Å². The Morgan fingerprint density at radius 2 is 2.18 bits per heavy atom. The Morgan fingerprint density at radius 1 is 1.47 bits per heavy atom. The summed E-state index contributed by atoms with van der Waals surface area (Å²) in [6, 6.07) is 5.43. The molecule has 0 saturated carbocycles. The Bertz CT molecular complexity index is 590. The maximum atomic E-state index is 11.7. The van der Waals surface area contributed by atoms with Gasteiger partial charge in [0, 0.05) is 19.5 Å². The highest BCUT2D eigenvalue weighted by Crippen LogP contribution is 2.34. The van der Waals surface area contributed by atoms with E-state index in [1.165, 1.54) is 0 Å². The van der Waals surface area contributed by atoms with Gasteiger partial charge in [0.05, 0.1) is 17.6 Å². The molecule has 2 rings (SSSR count). The second-order valence-electron chi connectivity index (χ2n) is 3.68. The Balaban J connectivity index is 2.73. The van der Waals surface area contributed by atoms with Crippen molar-refractivity contribution in [1.29, 1.82) is 0 Å². The quantitative estimate of drug-likeness (QED) is 0.891. The lowest BCUT2D eigenvalue weighted by atomic mass is 10.2. The van der Waals surface area contributed by atoms with Crippen LogP contribution in [0, 0.1) is 0 Å². The van der Waals surface area contributed by atoms with Crippen LogP contribution in [-0.4, -0.2) is 24.6 Å². The van der Waals surface area contributed by atoms with Crippen LogP contribution in [0.2, 0.25) is 5.02 Å². The third-order valence-electron chi connectivity index (χ3n) is 2.80. The number of ether oxygens (including phenoxy) is 1. The standard InChI is InChI=1S/C12H13ClN2O2/c1-14-12(16)9-6-7-8(15(9)2)4-5-10(17-3)11(7)13/h4-6H,1-3H3,(H,14,16). The van der Waals surface area contributed by atoms with Crippen molar-refractivity contribution in [1.82, 2.24) is 9.88 Å². The van der Waals surface area contributed by atoms with E-state index < -0.39 is 0 Å². The number of carbonyl (C=O) groups excluding carboxylic acids is 1. The van der Waals surface area contributed by atoms with Crippen LogP contribution in [0.15, 0.2) is 18.2 Å². The van der Waals surface area contributed by atoms with Gasteiger partial charge < -0.3 is 14.6 Å². The number of rotatable bonds is 2. The maximum absolute atomic E-state index is 11.7. The molecular formula is C12H13ClN2O2. The van der Waals surface area contributed by atoms with E-state index in [2.05, 4.69) is 5.32 Å². The van der Waals surface area contributed by atoms with Crippen LogP contribution in [0.4, 0.5) is 0 Å². The first-order chi connectivity index (χ1) is 8.10. The molecule has 17 heavy (non-hydrogen) atoms. The number of benzene rings is 1. The van der Waals surface area contributed by atoms with Gasteiger partial charge in [-0.15, -0.1) is 0 Å². The molecule has 90 valence electrons. The second-order valence-corrected chi connectivity index (χ2v) is 4.06. The predicted octanol–water partition coefficient (Wildman–Crippen LogP) is 2.20. The minimum Gasteiger partial charge on any atom is -0.495 e. The molecule has 0 aliphatic carbocycles. The number of nitrogens with one attached hydrogen (secondary N) is 1. The van der Waals surface area contributed by atoms with E-state index in [1.807, 2.05) is 13.1 Å². The highest BCUT2D eigenvalue weighted by molar-refractivity contribution is 6.37. The number of hydrogen-bond acceptors (Lipinski definition) is 2. The van der Waals surface area contributed by atoms with Gasteiger partial charge in [0.15, 0.2) is 0 Å². The molecule has 1 aromatic heterocycles. The predicted molar refractivity (Wildman–Crippen MR) is 67.9 cm³/mol. The fraction of sp³-hybridized carbons (Fsp3) is 0.250. The lowest BCUT2D eigenvalue weighted by Crippen LogP contribution is -2.20. The number of carbonyl (C=O) groups is 1. The summed E-state index contributed by atoms with van der Waals surface area (Å²) in [6.45, 7) is 0. The number of aromatic nitrogens is 1. The lowest BCUT2D eigenvalue weighted by Gasteiger charge is -2.04. The molecule has 5 heteroatoms. The van der Waals surface area contributed by atoms with E-state index in [-0.39, 0.29) is 5.91 Å². The molecule has 2 aromatic rings. The zero-order valence-electron chi connectivity index (χ0n) is 9.87. The average Bonchev–Trinajstić information content (AvgIpc) is 2.68. The number of aryl methyl sites for hydroxylation is 1. The molecule has 0 saturated heterocycles. The van der Waals surface area contributed by atoms with Gasteiger partial charge in [-0.2, -0.15) is 0 Å². The first-order valence-electron chi connectivity index (χ1n) is 5.14. The van der Waals surface area contributed by atoms with Gasteiger partial charge in [0.1, 0.15) is 11.4 Å². The first kappa shape index (κ1) is 11.8. The average molecular weight is 253 g/mol. The molecule has 0 spiro atoms. The van der Waals surface area contributed by atoms with Gasteiger partial charge in [0.25, 0.3) is 5.91 Å². The third-order valence-corrected chi connectivity index (χ3v) is 3.19. The minimum atomic E-state index is -0.140. The maximum Gasteiger partial charge on any atom is 0.267 e. The summed E-state index contributed by atoms with van der Waals surface area (Å²) in [7, 11) is 4.99. The minimum absolute atomic E-state index is 0.140. The zero-order chi connectivity index (χ0) is 12.6. The van der Waals surface area contributed by atoms with Crippen LogP contribution >= 0.6 is 11.6 Å². The van der Waals surface area contributed by atoms with E-state index in [1.54, 1.807) is 30.9 Å². The number of halogens is 1. The molecule has 0 atom stereocenters. The fourth-order valence-electron chi connectivity index (χ4n) is 1.86. The van der Waals surface area contributed by atoms with Crippen molar-refractivity contribution in [2.45, 2.75) is 0 Å². The van der Waals surface area contributed by atoms with Crippen molar-refractivity contribution < 1.29 is 9.53 Å². The molecular weight excluding hydrogens is 240 g/mol. The molecule has 0 unspecified atom stereocenters. The molecule has 1 heterocycles.